The summed E-state index contributed by atoms with van der Waals surface area (Å²) < 4.78 is 0. The quantitative estimate of drug-likeness (QED) is 0.502. The number of benzene rings is 1. The molecule has 3 rings (SSSR count). The van der Waals surface area contributed by atoms with Crippen LogP contribution in [0.3, 0.4) is 0 Å². The number of nitrogens with one attached hydrogen (secondary N) is 2. The Morgan fingerprint density at radius 2 is 2.13 bits per heavy atom. The molecule has 1 aliphatic heterocycles. The third-order valence-electron chi connectivity index (χ3n) is 5.20. The minimum atomic E-state index is 0.0343. The van der Waals surface area contributed by atoms with Crippen LogP contribution in [-0.2, 0) is 19.4 Å². The molecular weight excluding hydrogens is 394 g/mol. The summed E-state index contributed by atoms with van der Waals surface area (Å²) in [6.45, 7) is 7.60. The van der Waals surface area contributed by atoms with Gasteiger partial charge in [0.2, 0.25) is 0 Å². The van der Waals surface area contributed by atoms with Crippen molar-refractivity contribution < 1.29 is 4.79 Å². The largest absolute Gasteiger partial charge is 0.357 e. The molecule has 0 aliphatic carbocycles. The van der Waals surface area contributed by atoms with Crippen molar-refractivity contribution in [3.63, 3.8) is 0 Å². The Labute approximate surface area is 184 Å². The molecule has 0 saturated carbocycles. The van der Waals surface area contributed by atoms with E-state index in [1.807, 2.05) is 29.5 Å². The van der Waals surface area contributed by atoms with Crippen LogP contribution in [-0.4, -0.2) is 68.5 Å². The Kier molecular flexibility index (Phi) is 8.28. The highest BCUT2D eigenvalue weighted by Gasteiger charge is 2.16. The van der Waals surface area contributed by atoms with Crippen molar-refractivity contribution in [3.05, 3.63) is 57.3 Å². The van der Waals surface area contributed by atoms with E-state index < -0.39 is 0 Å². The summed E-state index contributed by atoms with van der Waals surface area (Å²) in [5.74, 6) is 0.887. The predicted octanol–water partition coefficient (Wildman–Crippen LogP) is 2.61. The van der Waals surface area contributed by atoms with Crippen LogP contribution < -0.4 is 10.6 Å². The second-order valence-electron chi connectivity index (χ2n) is 7.73. The van der Waals surface area contributed by atoms with E-state index in [9.17, 15) is 4.79 Å². The molecule has 1 aromatic heterocycles. The number of hydrogen-bond acceptors (Lipinski definition) is 4. The Morgan fingerprint density at radius 3 is 2.93 bits per heavy atom. The lowest BCUT2D eigenvalue weighted by atomic mass is 10.1. The van der Waals surface area contributed by atoms with E-state index in [-0.39, 0.29) is 5.91 Å². The van der Waals surface area contributed by atoms with E-state index in [1.165, 1.54) is 5.56 Å². The lowest BCUT2D eigenvalue weighted by Gasteiger charge is -2.26. The Bertz CT molecular complexity index is 861. The molecule has 2 heterocycles. The summed E-state index contributed by atoms with van der Waals surface area (Å²) in [6.07, 6.45) is 2.00. The molecule has 0 saturated heterocycles. The van der Waals surface area contributed by atoms with Crippen LogP contribution in [0.4, 0.5) is 0 Å². The molecule has 0 atom stereocenters. The molecule has 0 bridgehead atoms. The lowest BCUT2D eigenvalue weighted by molar-refractivity contribution is 0.0827. The number of rotatable bonds is 8. The van der Waals surface area contributed by atoms with E-state index in [1.54, 1.807) is 23.9 Å². The van der Waals surface area contributed by atoms with Crippen molar-refractivity contribution in [2.24, 2.45) is 4.99 Å². The predicted molar refractivity (Wildman–Crippen MR) is 125 cm³/mol. The van der Waals surface area contributed by atoms with Gasteiger partial charge in [-0.05, 0) is 54.5 Å². The third-order valence-corrected chi connectivity index (χ3v) is 6.23. The molecule has 2 N–H and O–H groups in total. The monoisotopic (exact) mass is 427 g/mol. The maximum Gasteiger partial charge on any atom is 0.253 e. The van der Waals surface area contributed by atoms with Crippen LogP contribution in [0.15, 0.2) is 40.7 Å². The van der Waals surface area contributed by atoms with Crippen LogP contribution in [0.5, 0.6) is 0 Å². The number of nitrogens with zero attached hydrogens (tertiary/aromatic N) is 3. The minimum Gasteiger partial charge on any atom is -0.357 e. The van der Waals surface area contributed by atoms with E-state index in [0.29, 0.717) is 0 Å². The summed E-state index contributed by atoms with van der Waals surface area (Å²) in [5.41, 5.74) is 3.36. The molecule has 0 radical (unpaired) electrons. The van der Waals surface area contributed by atoms with Crippen molar-refractivity contribution in [2.45, 2.75) is 26.3 Å². The molecule has 162 valence electrons. The minimum absolute atomic E-state index is 0.0343. The number of carbonyl (C=O) groups excluding carboxylic acids is 1. The van der Waals surface area contributed by atoms with Crippen LogP contribution in [0.25, 0.3) is 0 Å². The van der Waals surface area contributed by atoms with Gasteiger partial charge in [0, 0.05) is 57.3 Å². The number of guanidine groups is 1. The molecule has 7 heteroatoms. The number of thiophene rings is 1. The average Bonchev–Trinajstić information content (AvgIpc) is 3.21. The van der Waals surface area contributed by atoms with Crippen LogP contribution in [0, 0.1) is 0 Å². The second-order valence-corrected chi connectivity index (χ2v) is 8.73. The van der Waals surface area contributed by atoms with E-state index >= 15 is 0 Å². The topological polar surface area (TPSA) is 60.0 Å². The highest BCUT2D eigenvalue weighted by Crippen LogP contribution is 2.23. The van der Waals surface area contributed by atoms with Crippen LogP contribution in [0.1, 0.15) is 33.3 Å². The van der Waals surface area contributed by atoms with Crippen LogP contribution in [0.2, 0.25) is 0 Å². The van der Waals surface area contributed by atoms with Gasteiger partial charge in [-0.2, -0.15) is 0 Å². The van der Waals surface area contributed by atoms with Crippen molar-refractivity contribution in [1.82, 2.24) is 20.4 Å². The molecule has 1 amide bonds. The molecule has 0 fully saturated rings. The van der Waals surface area contributed by atoms with Crippen LogP contribution >= 0.6 is 11.3 Å². The standard InChI is InChI=1S/C23H33N5OS/c1-4-24-23(26-12-14-28-13-9-21-20(17-28)10-15-30-21)25-11-8-18-6-5-7-19(16-18)22(29)27(2)3/h5-7,10,15-16H,4,8-9,11-14,17H2,1-3H3,(H2,24,25,26). The molecule has 1 aliphatic rings. The summed E-state index contributed by atoms with van der Waals surface area (Å²) in [6, 6.07) is 10.1. The fraction of sp³-hybridized carbons (Fsp3) is 0.478. The van der Waals surface area contributed by atoms with Gasteiger partial charge in [-0.25, -0.2) is 0 Å². The van der Waals surface area contributed by atoms with Crippen molar-refractivity contribution in [3.8, 4) is 0 Å². The zero-order valence-electron chi connectivity index (χ0n) is 18.3. The highest BCUT2D eigenvalue weighted by atomic mass is 32.1. The first-order chi connectivity index (χ1) is 14.6. The molecular formula is C23H33N5OS. The third kappa shape index (κ3) is 6.31. The van der Waals surface area contributed by atoms with Crippen molar-refractivity contribution in [1.29, 1.82) is 0 Å². The number of aliphatic imine (C=N–C) groups is 1. The van der Waals surface area contributed by atoms with Gasteiger partial charge in [0.25, 0.3) is 5.91 Å². The number of carbonyl (C=O) groups is 1. The first-order valence-electron chi connectivity index (χ1n) is 10.7. The van der Waals surface area contributed by atoms with Gasteiger partial charge in [0.15, 0.2) is 5.96 Å². The van der Waals surface area contributed by atoms with E-state index in [0.717, 1.165) is 69.2 Å². The summed E-state index contributed by atoms with van der Waals surface area (Å²) >= 11 is 1.88. The van der Waals surface area contributed by atoms with Gasteiger partial charge >= 0.3 is 0 Å². The summed E-state index contributed by atoms with van der Waals surface area (Å²) in [7, 11) is 3.55. The molecule has 30 heavy (non-hydrogen) atoms. The highest BCUT2D eigenvalue weighted by molar-refractivity contribution is 7.10. The Hall–Kier alpha value is -2.38. The smallest absolute Gasteiger partial charge is 0.253 e. The molecule has 2 aromatic rings. The van der Waals surface area contributed by atoms with Gasteiger partial charge in [-0.3, -0.25) is 14.7 Å². The van der Waals surface area contributed by atoms with Gasteiger partial charge in [-0.15, -0.1) is 11.3 Å². The molecule has 1 aromatic carbocycles. The van der Waals surface area contributed by atoms with Crippen molar-refractivity contribution >= 4 is 23.2 Å². The van der Waals surface area contributed by atoms with Gasteiger partial charge in [0.05, 0.1) is 6.54 Å². The van der Waals surface area contributed by atoms with Gasteiger partial charge < -0.3 is 15.5 Å². The van der Waals surface area contributed by atoms with E-state index in [2.05, 4.69) is 40.0 Å². The maximum absolute atomic E-state index is 12.1. The number of fused-ring (bicyclic) bond motifs is 1. The second kappa shape index (κ2) is 11.1. The number of amides is 1. The lowest BCUT2D eigenvalue weighted by Crippen LogP contribution is -2.39. The molecule has 6 nitrogen and oxygen atoms in total. The molecule has 0 unspecified atom stereocenters. The zero-order chi connectivity index (χ0) is 21.3. The van der Waals surface area contributed by atoms with Gasteiger partial charge in [0.1, 0.15) is 0 Å². The Morgan fingerprint density at radius 1 is 1.27 bits per heavy atom. The SMILES string of the molecule is CCNC(=NCCN1CCc2sccc2C1)NCCc1cccc(C(=O)N(C)C)c1. The van der Waals surface area contributed by atoms with E-state index in [4.69, 9.17) is 4.99 Å². The van der Waals surface area contributed by atoms with Crippen molar-refractivity contribution in [2.75, 3.05) is 46.8 Å². The summed E-state index contributed by atoms with van der Waals surface area (Å²) in [4.78, 5) is 22.5. The maximum atomic E-state index is 12.1. The summed E-state index contributed by atoms with van der Waals surface area (Å²) in [5, 5.41) is 8.94. The first-order valence-corrected chi connectivity index (χ1v) is 11.5. The average molecular weight is 428 g/mol. The normalized spacial score (nSPS) is 14.3. The zero-order valence-corrected chi connectivity index (χ0v) is 19.1. The number of hydrogen-bond donors (Lipinski definition) is 2. The fourth-order valence-electron chi connectivity index (χ4n) is 3.59. The fourth-order valence-corrected chi connectivity index (χ4v) is 4.48. The Balaban J connectivity index is 1.46. The van der Waals surface area contributed by atoms with Gasteiger partial charge in [-0.1, -0.05) is 12.1 Å². The first kappa shape index (κ1) is 22.3. The molecule has 0 spiro atoms.